The molecule has 1 amide bonds. The van der Waals surface area contributed by atoms with Gasteiger partial charge in [-0.05, 0) is 6.42 Å². The van der Waals surface area contributed by atoms with E-state index in [1.54, 1.807) is 7.11 Å². The van der Waals surface area contributed by atoms with Crippen LogP contribution >= 0.6 is 0 Å². The molecule has 0 atom stereocenters. The summed E-state index contributed by atoms with van der Waals surface area (Å²) in [5.41, 5.74) is 4.81. The Hall–Kier alpha value is -0.610. The highest BCUT2D eigenvalue weighted by atomic mass is 16.5. The van der Waals surface area contributed by atoms with Crippen LogP contribution < -0.4 is 5.73 Å². The molecule has 0 radical (unpaired) electrons. The van der Waals surface area contributed by atoms with Gasteiger partial charge in [0, 0.05) is 20.3 Å². The number of hydrogen-bond donors (Lipinski definition) is 1. The second kappa shape index (κ2) is 6.51. The van der Waals surface area contributed by atoms with E-state index in [0.29, 0.717) is 13.2 Å². The fourth-order valence-electron chi connectivity index (χ4n) is 0.478. The zero-order chi connectivity index (χ0) is 7.82. The van der Waals surface area contributed by atoms with Crippen LogP contribution in [0.25, 0.3) is 0 Å². The van der Waals surface area contributed by atoms with Crippen molar-refractivity contribution in [2.45, 2.75) is 6.42 Å². The molecular formula is C6H13NO3. The van der Waals surface area contributed by atoms with Crippen molar-refractivity contribution in [3.05, 3.63) is 0 Å². The van der Waals surface area contributed by atoms with Crippen molar-refractivity contribution in [3.63, 3.8) is 0 Å². The van der Waals surface area contributed by atoms with Crippen LogP contribution in [0.3, 0.4) is 0 Å². The van der Waals surface area contributed by atoms with Gasteiger partial charge >= 0.3 is 0 Å². The van der Waals surface area contributed by atoms with Crippen molar-refractivity contribution in [3.8, 4) is 0 Å². The fourth-order valence-corrected chi connectivity index (χ4v) is 0.478. The third-order valence-corrected chi connectivity index (χ3v) is 0.881. The third kappa shape index (κ3) is 7.39. The molecule has 0 unspecified atom stereocenters. The summed E-state index contributed by atoms with van der Waals surface area (Å²) in [5.74, 6) is -0.433. The van der Waals surface area contributed by atoms with E-state index in [2.05, 4.69) is 0 Å². The van der Waals surface area contributed by atoms with E-state index in [1.807, 2.05) is 0 Å². The molecule has 0 spiro atoms. The first-order valence-corrected chi connectivity index (χ1v) is 3.12. The Morgan fingerprint density at radius 3 is 2.70 bits per heavy atom. The first-order valence-electron chi connectivity index (χ1n) is 3.12. The van der Waals surface area contributed by atoms with Crippen LogP contribution in [0, 0.1) is 0 Å². The summed E-state index contributed by atoms with van der Waals surface area (Å²) in [4.78, 5) is 10.1. The van der Waals surface area contributed by atoms with Crippen molar-refractivity contribution < 1.29 is 14.3 Å². The molecule has 2 N–H and O–H groups in total. The molecule has 0 aromatic rings. The molecule has 0 saturated carbocycles. The topological polar surface area (TPSA) is 61.6 Å². The number of carbonyl (C=O) groups excluding carboxylic acids is 1. The Morgan fingerprint density at radius 2 is 2.20 bits per heavy atom. The first kappa shape index (κ1) is 9.39. The van der Waals surface area contributed by atoms with Crippen molar-refractivity contribution in [1.29, 1.82) is 0 Å². The van der Waals surface area contributed by atoms with Crippen LogP contribution in [0.5, 0.6) is 0 Å². The molecule has 4 nitrogen and oxygen atoms in total. The summed E-state index contributed by atoms with van der Waals surface area (Å²) in [6, 6.07) is 0. The van der Waals surface area contributed by atoms with Gasteiger partial charge < -0.3 is 15.2 Å². The molecule has 0 aliphatic carbocycles. The average Bonchev–Trinajstić information content (AvgIpc) is 1.87. The lowest BCUT2D eigenvalue weighted by atomic mass is 10.5. The van der Waals surface area contributed by atoms with Gasteiger partial charge in [0.05, 0.1) is 0 Å². The summed E-state index contributed by atoms with van der Waals surface area (Å²) >= 11 is 0. The van der Waals surface area contributed by atoms with Gasteiger partial charge in [0.25, 0.3) is 0 Å². The van der Waals surface area contributed by atoms with E-state index in [9.17, 15) is 4.79 Å². The molecule has 60 valence electrons. The van der Waals surface area contributed by atoms with E-state index in [1.165, 1.54) is 0 Å². The molecule has 0 aliphatic rings. The monoisotopic (exact) mass is 147 g/mol. The van der Waals surface area contributed by atoms with Crippen LogP contribution in [0.4, 0.5) is 0 Å². The van der Waals surface area contributed by atoms with Crippen molar-refractivity contribution in [1.82, 2.24) is 0 Å². The molecule has 0 bridgehead atoms. The maximum absolute atomic E-state index is 10.1. The van der Waals surface area contributed by atoms with Gasteiger partial charge in [-0.2, -0.15) is 0 Å². The Labute approximate surface area is 60.3 Å². The fraction of sp³-hybridized carbons (Fsp3) is 0.833. The Morgan fingerprint density at radius 1 is 1.50 bits per heavy atom. The highest BCUT2D eigenvalue weighted by molar-refractivity contribution is 5.74. The molecule has 0 fully saturated rings. The van der Waals surface area contributed by atoms with E-state index in [-0.39, 0.29) is 6.61 Å². The molecule has 0 aromatic carbocycles. The number of carbonyl (C=O) groups is 1. The minimum absolute atomic E-state index is 0.00368. The van der Waals surface area contributed by atoms with Crippen LogP contribution in [-0.4, -0.2) is 32.8 Å². The highest BCUT2D eigenvalue weighted by Gasteiger charge is 1.92. The minimum atomic E-state index is -0.433. The van der Waals surface area contributed by atoms with Crippen molar-refractivity contribution >= 4 is 5.91 Å². The lowest BCUT2D eigenvalue weighted by Crippen LogP contribution is -2.18. The second-order valence-electron chi connectivity index (χ2n) is 1.87. The number of primary amides is 1. The van der Waals surface area contributed by atoms with Crippen LogP contribution in [0.15, 0.2) is 0 Å². The lowest BCUT2D eigenvalue weighted by Gasteiger charge is -1.99. The summed E-state index contributed by atoms with van der Waals surface area (Å²) < 4.78 is 9.60. The Kier molecular flexibility index (Phi) is 6.11. The Bertz CT molecular complexity index is 95.0. The van der Waals surface area contributed by atoms with Crippen molar-refractivity contribution in [2.24, 2.45) is 5.73 Å². The van der Waals surface area contributed by atoms with Gasteiger partial charge in [0.2, 0.25) is 5.91 Å². The standard InChI is InChI=1S/C6H13NO3/c1-9-3-2-4-10-5-6(7)8/h2-5H2,1H3,(H2,7,8). The maximum atomic E-state index is 10.1. The summed E-state index contributed by atoms with van der Waals surface area (Å²) in [7, 11) is 1.62. The highest BCUT2D eigenvalue weighted by Crippen LogP contribution is 1.81. The number of nitrogens with two attached hydrogens (primary N) is 1. The van der Waals surface area contributed by atoms with Crippen LogP contribution in [-0.2, 0) is 14.3 Å². The predicted octanol–water partition coefficient (Wildman–Crippen LogP) is -0.475. The quantitative estimate of drug-likeness (QED) is 0.516. The molecular weight excluding hydrogens is 134 g/mol. The normalized spacial score (nSPS) is 9.70. The zero-order valence-electron chi connectivity index (χ0n) is 6.13. The summed E-state index contributed by atoms with van der Waals surface area (Å²) in [6.45, 7) is 1.18. The summed E-state index contributed by atoms with van der Waals surface area (Å²) in [5, 5.41) is 0. The number of methoxy groups -OCH3 is 1. The SMILES string of the molecule is COCCCOCC(N)=O. The smallest absolute Gasteiger partial charge is 0.243 e. The van der Waals surface area contributed by atoms with Gasteiger partial charge in [0.1, 0.15) is 6.61 Å². The van der Waals surface area contributed by atoms with E-state index in [4.69, 9.17) is 15.2 Å². The maximum Gasteiger partial charge on any atom is 0.243 e. The van der Waals surface area contributed by atoms with Gasteiger partial charge in [-0.1, -0.05) is 0 Å². The molecule has 0 heterocycles. The van der Waals surface area contributed by atoms with Gasteiger partial charge in [0.15, 0.2) is 0 Å². The first-order chi connectivity index (χ1) is 4.77. The molecule has 0 aromatic heterocycles. The number of hydrogen-bond acceptors (Lipinski definition) is 3. The summed E-state index contributed by atoms with van der Waals surface area (Å²) in [6.07, 6.45) is 0.795. The predicted molar refractivity (Wildman–Crippen MR) is 36.5 cm³/mol. The number of rotatable bonds is 6. The third-order valence-electron chi connectivity index (χ3n) is 0.881. The van der Waals surface area contributed by atoms with E-state index < -0.39 is 5.91 Å². The average molecular weight is 147 g/mol. The molecule has 0 aliphatic heterocycles. The second-order valence-corrected chi connectivity index (χ2v) is 1.87. The molecule has 0 rings (SSSR count). The van der Waals surface area contributed by atoms with E-state index >= 15 is 0 Å². The van der Waals surface area contributed by atoms with E-state index in [0.717, 1.165) is 6.42 Å². The minimum Gasteiger partial charge on any atom is -0.385 e. The molecule has 0 saturated heterocycles. The van der Waals surface area contributed by atoms with Crippen LogP contribution in [0.1, 0.15) is 6.42 Å². The molecule has 4 heteroatoms. The Balaban J connectivity index is 2.84. The molecule has 10 heavy (non-hydrogen) atoms. The number of amides is 1. The van der Waals surface area contributed by atoms with Crippen LogP contribution in [0.2, 0.25) is 0 Å². The lowest BCUT2D eigenvalue weighted by molar-refractivity contribution is -0.122. The van der Waals surface area contributed by atoms with Gasteiger partial charge in [-0.15, -0.1) is 0 Å². The van der Waals surface area contributed by atoms with Gasteiger partial charge in [-0.3, -0.25) is 4.79 Å². The largest absolute Gasteiger partial charge is 0.385 e. The zero-order valence-corrected chi connectivity index (χ0v) is 6.13. The number of ether oxygens (including phenoxy) is 2. The van der Waals surface area contributed by atoms with Crippen molar-refractivity contribution in [2.75, 3.05) is 26.9 Å². The van der Waals surface area contributed by atoms with Gasteiger partial charge in [-0.25, -0.2) is 0 Å².